The van der Waals surface area contributed by atoms with E-state index in [2.05, 4.69) is 19.9 Å². The summed E-state index contributed by atoms with van der Waals surface area (Å²) in [5.74, 6) is 0.637. The van der Waals surface area contributed by atoms with Crippen molar-refractivity contribution in [2.75, 3.05) is 12.3 Å². The fraction of sp³-hybridized carbons (Fsp3) is 0.250. The van der Waals surface area contributed by atoms with Crippen molar-refractivity contribution in [2.24, 2.45) is 0 Å². The minimum Gasteiger partial charge on any atom is -0.398 e. The second-order valence-electron chi connectivity index (χ2n) is 3.28. The predicted octanol–water partition coefficient (Wildman–Crippen LogP) is -0.0306. The van der Waals surface area contributed by atoms with Gasteiger partial charge in [-0.1, -0.05) is 0 Å². The van der Waals surface area contributed by atoms with Crippen LogP contribution in [0.25, 0.3) is 0 Å². The maximum absolute atomic E-state index is 11.8. The molecule has 0 radical (unpaired) electrons. The number of anilines is 1. The molecule has 0 aliphatic rings. The van der Waals surface area contributed by atoms with Crippen molar-refractivity contribution >= 4 is 27.0 Å². The minimum absolute atomic E-state index is 0.215. The summed E-state index contributed by atoms with van der Waals surface area (Å²) >= 11 is 1.09. The van der Waals surface area contributed by atoms with Gasteiger partial charge in [0.25, 0.3) is 0 Å². The SMILES string of the molecule is Nc1csc(S(=O)(=O)NCCc2ncn[nH]2)c1. The summed E-state index contributed by atoms with van der Waals surface area (Å²) in [6.45, 7) is 0.259. The van der Waals surface area contributed by atoms with E-state index in [9.17, 15) is 8.42 Å². The normalized spacial score (nSPS) is 11.8. The number of rotatable bonds is 5. The van der Waals surface area contributed by atoms with Crippen LogP contribution in [0, 0.1) is 0 Å². The third-order valence-corrected chi connectivity index (χ3v) is 4.90. The monoisotopic (exact) mass is 273 g/mol. The standard InChI is InChI=1S/C8H11N5O2S2/c9-6-3-8(16-4-6)17(14,15)12-2-1-7-10-5-11-13-7/h3-5,12H,1-2,9H2,(H,10,11,13). The molecule has 0 saturated carbocycles. The number of thiophene rings is 1. The molecule has 0 amide bonds. The lowest BCUT2D eigenvalue weighted by Gasteiger charge is -2.02. The Kier molecular flexibility index (Phi) is 3.41. The van der Waals surface area contributed by atoms with Crippen LogP contribution in [0.15, 0.2) is 22.0 Å². The Morgan fingerprint density at radius 3 is 2.94 bits per heavy atom. The van der Waals surface area contributed by atoms with Gasteiger partial charge in [0.15, 0.2) is 0 Å². The third kappa shape index (κ3) is 3.02. The molecule has 0 aliphatic heterocycles. The molecule has 2 aromatic rings. The van der Waals surface area contributed by atoms with Crippen molar-refractivity contribution in [3.8, 4) is 0 Å². The summed E-state index contributed by atoms with van der Waals surface area (Å²) in [5.41, 5.74) is 5.93. The Hall–Kier alpha value is -1.45. The number of nitrogens with two attached hydrogens (primary N) is 1. The number of nitrogens with zero attached hydrogens (tertiary/aromatic N) is 2. The molecule has 0 spiro atoms. The number of nitrogen functional groups attached to an aromatic ring is 1. The molecular formula is C8H11N5O2S2. The zero-order valence-corrected chi connectivity index (χ0v) is 10.4. The first-order valence-electron chi connectivity index (χ1n) is 4.76. The lowest BCUT2D eigenvalue weighted by atomic mass is 10.4. The predicted molar refractivity (Wildman–Crippen MR) is 64.0 cm³/mol. The Morgan fingerprint density at radius 2 is 2.35 bits per heavy atom. The minimum atomic E-state index is -3.47. The average molecular weight is 273 g/mol. The summed E-state index contributed by atoms with van der Waals surface area (Å²) < 4.78 is 26.2. The maximum atomic E-state index is 11.8. The Balaban J connectivity index is 1.94. The van der Waals surface area contributed by atoms with Gasteiger partial charge in [0.2, 0.25) is 10.0 Å². The first-order valence-corrected chi connectivity index (χ1v) is 7.12. The van der Waals surface area contributed by atoms with E-state index in [4.69, 9.17) is 5.73 Å². The fourth-order valence-corrected chi connectivity index (χ4v) is 3.35. The Morgan fingerprint density at radius 1 is 1.53 bits per heavy atom. The van der Waals surface area contributed by atoms with Crippen molar-refractivity contribution in [1.29, 1.82) is 0 Å². The van der Waals surface area contributed by atoms with E-state index in [0.717, 1.165) is 11.3 Å². The molecule has 4 N–H and O–H groups in total. The molecule has 0 aliphatic carbocycles. The third-order valence-electron chi connectivity index (χ3n) is 1.98. The number of nitrogens with one attached hydrogen (secondary N) is 2. The van der Waals surface area contributed by atoms with Crippen LogP contribution in [0.4, 0.5) is 5.69 Å². The number of hydrogen-bond donors (Lipinski definition) is 3. The molecule has 0 unspecified atom stereocenters. The summed E-state index contributed by atoms with van der Waals surface area (Å²) in [6.07, 6.45) is 1.84. The highest BCUT2D eigenvalue weighted by atomic mass is 32.2. The Bertz CT molecular complexity index is 575. The highest BCUT2D eigenvalue weighted by Crippen LogP contribution is 2.21. The first-order chi connectivity index (χ1) is 8.08. The zero-order chi connectivity index (χ0) is 12.3. The zero-order valence-electron chi connectivity index (χ0n) is 8.75. The van der Waals surface area contributed by atoms with Gasteiger partial charge < -0.3 is 5.73 Å². The average Bonchev–Trinajstić information content (AvgIpc) is 2.89. The fourth-order valence-electron chi connectivity index (χ4n) is 1.20. The Labute approximate surface area is 102 Å². The van der Waals surface area contributed by atoms with Crippen molar-refractivity contribution < 1.29 is 8.42 Å². The lowest BCUT2D eigenvalue weighted by molar-refractivity contribution is 0.583. The highest BCUT2D eigenvalue weighted by molar-refractivity contribution is 7.91. The molecule has 2 rings (SSSR count). The summed E-state index contributed by atoms with van der Waals surface area (Å²) in [4.78, 5) is 3.89. The van der Waals surface area contributed by atoms with E-state index in [1.807, 2.05) is 0 Å². The van der Waals surface area contributed by atoms with Crippen LogP contribution in [0.1, 0.15) is 5.82 Å². The number of hydrogen-bond acceptors (Lipinski definition) is 6. The lowest BCUT2D eigenvalue weighted by Crippen LogP contribution is -2.25. The molecule has 0 aromatic carbocycles. The van der Waals surface area contributed by atoms with Crippen molar-refractivity contribution in [3.63, 3.8) is 0 Å². The van der Waals surface area contributed by atoms with Gasteiger partial charge in [-0.25, -0.2) is 18.1 Å². The van der Waals surface area contributed by atoms with E-state index in [-0.39, 0.29) is 10.8 Å². The molecule has 2 heterocycles. The van der Waals surface area contributed by atoms with Crippen LogP contribution in [-0.4, -0.2) is 30.1 Å². The first kappa shape index (κ1) is 12.0. The van der Waals surface area contributed by atoms with Crippen LogP contribution in [-0.2, 0) is 16.4 Å². The molecule has 2 aromatic heterocycles. The van der Waals surface area contributed by atoms with E-state index in [0.29, 0.717) is 17.9 Å². The topological polar surface area (TPSA) is 114 Å². The quantitative estimate of drug-likeness (QED) is 0.708. The van der Waals surface area contributed by atoms with E-state index in [1.54, 1.807) is 5.38 Å². The van der Waals surface area contributed by atoms with Gasteiger partial charge in [-0.2, -0.15) is 5.10 Å². The molecular weight excluding hydrogens is 262 g/mol. The number of H-pyrrole nitrogens is 1. The van der Waals surface area contributed by atoms with Crippen molar-refractivity contribution in [1.82, 2.24) is 19.9 Å². The van der Waals surface area contributed by atoms with Crippen LogP contribution in [0.2, 0.25) is 0 Å². The molecule has 0 saturated heterocycles. The van der Waals surface area contributed by atoms with Crippen molar-refractivity contribution in [3.05, 3.63) is 23.6 Å². The summed E-state index contributed by atoms with van der Waals surface area (Å²) in [6, 6.07) is 1.43. The molecule has 0 fully saturated rings. The second kappa shape index (κ2) is 4.82. The highest BCUT2D eigenvalue weighted by Gasteiger charge is 2.15. The molecule has 0 atom stereocenters. The number of aromatic amines is 1. The molecule has 9 heteroatoms. The van der Waals surface area contributed by atoms with Crippen LogP contribution in [0.5, 0.6) is 0 Å². The molecule has 17 heavy (non-hydrogen) atoms. The van der Waals surface area contributed by atoms with Gasteiger partial charge in [0, 0.05) is 24.0 Å². The van der Waals surface area contributed by atoms with E-state index >= 15 is 0 Å². The van der Waals surface area contributed by atoms with Gasteiger partial charge in [0.05, 0.1) is 0 Å². The van der Waals surface area contributed by atoms with Crippen LogP contribution < -0.4 is 10.5 Å². The van der Waals surface area contributed by atoms with Crippen molar-refractivity contribution in [2.45, 2.75) is 10.6 Å². The van der Waals surface area contributed by atoms with Gasteiger partial charge >= 0.3 is 0 Å². The van der Waals surface area contributed by atoms with E-state index < -0.39 is 10.0 Å². The maximum Gasteiger partial charge on any atom is 0.250 e. The number of aromatic nitrogens is 3. The second-order valence-corrected chi connectivity index (χ2v) is 6.18. The molecule has 0 bridgehead atoms. The van der Waals surface area contributed by atoms with Gasteiger partial charge in [-0.05, 0) is 6.07 Å². The molecule has 92 valence electrons. The van der Waals surface area contributed by atoms with Gasteiger partial charge in [-0.3, -0.25) is 5.10 Å². The smallest absolute Gasteiger partial charge is 0.250 e. The van der Waals surface area contributed by atoms with Gasteiger partial charge in [-0.15, -0.1) is 11.3 Å². The summed E-state index contributed by atoms with van der Waals surface area (Å²) in [7, 11) is -3.47. The van der Waals surface area contributed by atoms with E-state index in [1.165, 1.54) is 12.4 Å². The molecule has 7 nitrogen and oxygen atoms in total. The number of sulfonamides is 1. The summed E-state index contributed by atoms with van der Waals surface area (Å²) in [5, 5.41) is 7.91. The van der Waals surface area contributed by atoms with Crippen LogP contribution >= 0.6 is 11.3 Å². The largest absolute Gasteiger partial charge is 0.398 e. The van der Waals surface area contributed by atoms with Crippen LogP contribution in [0.3, 0.4) is 0 Å². The van der Waals surface area contributed by atoms with Gasteiger partial charge in [0.1, 0.15) is 16.4 Å².